The van der Waals surface area contributed by atoms with Gasteiger partial charge in [-0.3, -0.25) is 14.9 Å². The fraction of sp³-hybridized carbons (Fsp3) is 0.800. The van der Waals surface area contributed by atoms with Gasteiger partial charge in [0.1, 0.15) is 36.7 Å². The Morgan fingerprint density at radius 2 is 1.80 bits per heavy atom. The predicted octanol–water partition coefficient (Wildman–Crippen LogP) is -4.30. The number of aliphatic hydroxyl groups is 4. The number of carbonyl (C=O) groups is 2. The first-order valence-corrected chi connectivity index (χ1v) is 5.85. The van der Waals surface area contributed by atoms with Crippen LogP contribution in [0.3, 0.4) is 0 Å². The van der Waals surface area contributed by atoms with Gasteiger partial charge in [-0.1, -0.05) is 0 Å². The maximum atomic E-state index is 10.9. The zero-order valence-electron chi connectivity index (χ0n) is 10.4. The van der Waals surface area contributed by atoms with Crippen molar-refractivity contribution in [3.8, 4) is 0 Å². The molecule has 20 heavy (non-hydrogen) atoms. The number of hydrogen-bond donors (Lipinski definition) is 7. The molecule has 0 aromatic rings. The van der Waals surface area contributed by atoms with Crippen LogP contribution in [0.1, 0.15) is 6.42 Å². The van der Waals surface area contributed by atoms with Gasteiger partial charge in [-0.2, -0.15) is 0 Å². The summed E-state index contributed by atoms with van der Waals surface area (Å²) < 4.78 is 5.06. The minimum Gasteiger partial charge on any atom is -0.480 e. The van der Waals surface area contributed by atoms with Crippen molar-refractivity contribution in [2.75, 3.05) is 6.61 Å². The van der Waals surface area contributed by atoms with Gasteiger partial charge in [0.05, 0.1) is 13.0 Å². The summed E-state index contributed by atoms with van der Waals surface area (Å²) in [6.45, 7) is -0.642. The summed E-state index contributed by atoms with van der Waals surface area (Å²) in [5.74, 6) is -2.28. The molecule has 6 atom stereocenters. The lowest BCUT2D eigenvalue weighted by atomic mass is 9.98. The highest BCUT2D eigenvalue weighted by Gasteiger charge is 2.44. The molecule has 8 N–H and O–H groups in total. The van der Waals surface area contributed by atoms with Crippen molar-refractivity contribution in [1.29, 1.82) is 0 Å². The van der Waals surface area contributed by atoms with Gasteiger partial charge >= 0.3 is 5.97 Å². The lowest BCUT2D eigenvalue weighted by molar-refractivity contribution is -0.238. The van der Waals surface area contributed by atoms with Crippen LogP contribution in [0, 0.1) is 0 Å². The molecule has 10 heteroatoms. The highest BCUT2D eigenvalue weighted by atomic mass is 16.6. The van der Waals surface area contributed by atoms with Crippen molar-refractivity contribution >= 4 is 11.9 Å². The third kappa shape index (κ3) is 3.85. The van der Waals surface area contributed by atoms with Crippen LogP contribution in [0.2, 0.25) is 0 Å². The molecule has 1 aliphatic rings. The summed E-state index contributed by atoms with van der Waals surface area (Å²) in [6, 6.07) is -1.44. The quantitative estimate of drug-likeness (QED) is 0.255. The van der Waals surface area contributed by atoms with Crippen molar-refractivity contribution in [1.82, 2.24) is 5.32 Å². The fourth-order valence-corrected chi connectivity index (χ4v) is 1.86. The van der Waals surface area contributed by atoms with E-state index in [-0.39, 0.29) is 0 Å². The average molecular weight is 294 g/mol. The zero-order valence-corrected chi connectivity index (χ0v) is 10.4. The van der Waals surface area contributed by atoms with Crippen LogP contribution in [0.5, 0.6) is 0 Å². The molecule has 0 aromatic carbocycles. The first-order chi connectivity index (χ1) is 9.27. The van der Waals surface area contributed by atoms with Crippen LogP contribution in [-0.2, 0) is 14.3 Å². The Hall–Kier alpha value is -1.30. The van der Waals surface area contributed by atoms with Crippen LogP contribution in [-0.4, -0.2) is 80.7 Å². The first kappa shape index (κ1) is 16.8. The smallest absolute Gasteiger partial charge is 0.321 e. The van der Waals surface area contributed by atoms with Crippen molar-refractivity contribution in [2.24, 2.45) is 5.73 Å². The minimum atomic E-state index is -1.64. The Morgan fingerprint density at radius 3 is 2.25 bits per heavy atom. The molecule has 1 rings (SSSR count). The third-order valence-corrected chi connectivity index (χ3v) is 2.96. The summed E-state index contributed by atoms with van der Waals surface area (Å²) in [6.07, 6.45) is -7.93. The number of primary amides is 1. The molecule has 0 radical (unpaired) electrons. The second kappa shape index (κ2) is 6.92. The van der Waals surface area contributed by atoms with Gasteiger partial charge < -0.3 is 36.0 Å². The lowest BCUT2D eigenvalue weighted by Gasteiger charge is -2.41. The van der Waals surface area contributed by atoms with Gasteiger partial charge in [0, 0.05) is 0 Å². The monoisotopic (exact) mass is 294 g/mol. The van der Waals surface area contributed by atoms with E-state index >= 15 is 0 Å². The molecular weight excluding hydrogens is 276 g/mol. The number of nitrogens with two attached hydrogens (primary N) is 1. The lowest BCUT2D eigenvalue weighted by Crippen LogP contribution is -2.64. The molecule has 0 spiro atoms. The average Bonchev–Trinajstić information content (AvgIpc) is 2.37. The number of ether oxygens (including phenoxy) is 1. The van der Waals surface area contributed by atoms with Gasteiger partial charge in [0.2, 0.25) is 5.91 Å². The molecule has 1 heterocycles. The molecule has 0 bridgehead atoms. The highest BCUT2D eigenvalue weighted by Crippen LogP contribution is 2.20. The summed E-state index contributed by atoms with van der Waals surface area (Å²) in [5, 5.41) is 49.0. The van der Waals surface area contributed by atoms with E-state index in [1.54, 1.807) is 0 Å². The number of carboxylic acids is 1. The summed E-state index contributed by atoms with van der Waals surface area (Å²) in [5.41, 5.74) is 4.90. The second-order valence-corrected chi connectivity index (χ2v) is 4.48. The van der Waals surface area contributed by atoms with Crippen molar-refractivity contribution < 1.29 is 39.9 Å². The number of carbonyl (C=O) groups excluding carboxylic acids is 1. The van der Waals surface area contributed by atoms with Crippen molar-refractivity contribution in [2.45, 2.75) is 43.1 Å². The van der Waals surface area contributed by atoms with E-state index in [1.807, 2.05) is 0 Å². The molecule has 1 saturated heterocycles. The topological polar surface area (TPSA) is 183 Å². The number of hydrogen-bond acceptors (Lipinski definition) is 8. The molecule has 1 fully saturated rings. The largest absolute Gasteiger partial charge is 0.480 e. The highest BCUT2D eigenvalue weighted by molar-refractivity contribution is 5.83. The van der Waals surface area contributed by atoms with E-state index in [0.717, 1.165) is 0 Å². The van der Waals surface area contributed by atoms with Gasteiger partial charge in [0.25, 0.3) is 0 Å². The maximum absolute atomic E-state index is 10.9. The number of rotatable bonds is 6. The molecular formula is C10H18N2O8. The summed E-state index contributed by atoms with van der Waals surface area (Å²) in [4.78, 5) is 21.7. The van der Waals surface area contributed by atoms with Crippen LogP contribution in [0.4, 0.5) is 0 Å². The number of aliphatic carboxylic acids is 1. The van der Waals surface area contributed by atoms with Gasteiger partial charge in [0.15, 0.2) is 0 Å². The molecule has 1 amide bonds. The standard InChI is InChI=1S/C10H18N2O8/c11-5(14)1-3(10(18)19)12-9-8(17)7(16)6(15)4(2-13)20-9/h3-4,6-9,12-13,15-17H,1-2H2,(H2,11,14)(H,18,19)/t3-,4+,6+,7-,8-,9-/m0/s1. The summed E-state index contributed by atoms with van der Waals surface area (Å²) in [7, 11) is 0. The van der Waals surface area contributed by atoms with Crippen LogP contribution in [0.25, 0.3) is 0 Å². The SMILES string of the molecule is NC(=O)C[C@H](N[C@H]1O[C@H](CO)[C@@H](O)[C@H](O)[C@@H]1O)C(=O)O. The Labute approximate surface area is 113 Å². The van der Waals surface area contributed by atoms with Crippen LogP contribution < -0.4 is 11.1 Å². The van der Waals surface area contributed by atoms with E-state index in [0.29, 0.717) is 0 Å². The molecule has 10 nitrogen and oxygen atoms in total. The Balaban J connectivity index is 2.77. The zero-order chi connectivity index (χ0) is 15.4. The molecule has 1 aliphatic heterocycles. The van der Waals surface area contributed by atoms with Crippen LogP contribution in [0.15, 0.2) is 0 Å². The minimum absolute atomic E-state index is 0.551. The van der Waals surface area contributed by atoms with Crippen molar-refractivity contribution in [3.63, 3.8) is 0 Å². The third-order valence-electron chi connectivity index (χ3n) is 2.96. The number of carboxylic acid groups (broad SMARTS) is 1. The van der Waals surface area contributed by atoms with Crippen molar-refractivity contribution in [3.05, 3.63) is 0 Å². The predicted molar refractivity (Wildman–Crippen MR) is 62.1 cm³/mol. The van der Waals surface area contributed by atoms with Gasteiger partial charge in [-0.05, 0) is 0 Å². The summed E-state index contributed by atoms with van der Waals surface area (Å²) >= 11 is 0. The van der Waals surface area contributed by atoms with Crippen LogP contribution >= 0.6 is 0 Å². The van der Waals surface area contributed by atoms with Gasteiger partial charge in [-0.25, -0.2) is 0 Å². The van der Waals surface area contributed by atoms with Gasteiger partial charge in [-0.15, -0.1) is 0 Å². The normalized spacial score (nSPS) is 35.5. The van der Waals surface area contributed by atoms with E-state index in [1.165, 1.54) is 0 Å². The molecule has 0 aromatic heterocycles. The molecule has 0 aliphatic carbocycles. The molecule has 116 valence electrons. The van der Waals surface area contributed by atoms with E-state index in [2.05, 4.69) is 5.32 Å². The number of aliphatic hydroxyl groups excluding tert-OH is 4. The Bertz CT molecular complexity index is 363. The number of amides is 1. The molecule has 0 saturated carbocycles. The Kier molecular flexibility index (Phi) is 5.80. The van der Waals surface area contributed by atoms with E-state index in [9.17, 15) is 24.9 Å². The number of nitrogens with one attached hydrogen (secondary N) is 1. The maximum Gasteiger partial charge on any atom is 0.321 e. The molecule has 0 unspecified atom stereocenters. The second-order valence-electron chi connectivity index (χ2n) is 4.48. The Morgan fingerprint density at radius 1 is 1.20 bits per heavy atom. The fourth-order valence-electron chi connectivity index (χ4n) is 1.86. The van der Waals surface area contributed by atoms with E-state index < -0.39 is 61.6 Å². The first-order valence-electron chi connectivity index (χ1n) is 5.85. The van der Waals surface area contributed by atoms with E-state index in [4.69, 9.17) is 20.7 Å².